The predicted molar refractivity (Wildman–Crippen MR) is 56.7 cm³/mol. The van der Waals surface area contributed by atoms with Gasteiger partial charge in [-0.1, -0.05) is 18.5 Å². The molecule has 88 valence electrons. The molecule has 0 radical (unpaired) electrons. The number of carbonyl (C=O) groups is 1. The summed E-state index contributed by atoms with van der Waals surface area (Å²) in [7, 11) is 1.45. The third-order valence-electron chi connectivity index (χ3n) is 2.09. The Hall–Kier alpha value is -1.30. The van der Waals surface area contributed by atoms with Crippen LogP contribution in [0.2, 0.25) is 0 Å². The van der Waals surface area contributed by atoms with Gasteiger partial charge in [0.05, 0.1) is 6.04 Å². The van der Waals surface area contributed by atoms with Gasteiger partial charge >= 0.3 is 0 Å². The summed E-state index contributed by atoms with van der Waals surface area (Å²) in [6, 6.07) is -0.440. The number of amides is 1. The van der Waals surface area contributed by atoms with Crippen LogP contribution in [0.25, 0.3) is 0 Å². The van der Waals surface area contributed by atoms with Gasteiger partial charge in [-0.2, -0.15) is 0 Å². The molecule has 1 amide bonds. The van der Waals surface area contributed by atoms with Gasteiger partial charge in [0, 0.05) is 7.11 Å². The summed E-state index contributed by atoms with van der Waals surface area (Å²) in [5.41, 5.74) is 5.44. The van der Waals surface area contributed by atoms with Gasteiger partial charge in [-0.05, 0) is 13.3 Å². The van der Waals surface area contributed by atoms with Gasteiger partial charge in [0.1, 0.15) is 6.10 Å². The number of nitrogens with two attached hydrogens (primary N) is 1. The van der Waals surface area contributed by atoms with Crippen molar-refractivity contribution in [3.05, 3.63) is 0 Å². The summed E-state index contributed by atoms with van der Waals surface area (Å²) in [6.07, 6.45) is 0.900. The van der Waals surface area contributed by atoms with Crippen molar-refractivity contribution in [1.29, 1.82) is 0 Å². The second-order valence-corrected chi connectivity index (χ2v) is 3.25. The molecule has 0 saturated carbocycles. The average molecular weight is 217 g/mol. The van der Waals surface area contributed by atoms with E-state index in [0.717, 1.165) is 6.42 Å². The average Bonchev–Trinajstić information content (AvgIpc) is 2.26. The van der Waals surface area contributed by atoms with Gasteiger partial charge in [-0.3, -0.25) is 4.79 Å². The van der Waals surface area contributed by atoms with Crippen LogP contribution in [0, 0.1) is 0 Å². The number of hydrogen-bond acceptors (Lipinski definition) is 4. The highest BCUT2D eigenvalue weighted by molar-refractivity contribution is 5.91. The zero-order valence-electron chi connectivity index (χ0n) is 9.36. The Balaban J connectivity index is 4.35. The third kappa shape index (κ3) is 4.64. The van der Waals surface area contributed by atoms with Gasteiger partial charge in [-0.15, -0.1) is 0 Å². The van der Waals surface area contributed by atoms with E-state index in [1.807, 2.05) is 6.92 Å². The Morgan fingerprint density at radius 3 is 2.67 bits per heavy atom. The van der Waals surface area contributed by atoms with Crippen LogP contribution in [-0.2, 0) is 9.53 Å². The smallest absolute Gasteiger partial charge is 0.249 e. The number of nitrogens with zero attached hydrogens (tertiary/aromatic N) is 1. The maximum absolute atomic E-state index is 11.5. The van der Waals surface area contributed by atoms with Crippen molar-refractivity contribution in [2.45, 2.75) is 38.8 Å². The highest BCUT2D eigenvalue weighted by Gasteiger charge is 2.19. The molecule has 0 aliphatic carbocycles. The number of amidine groups is 1. The number of hydrogen-bond donors (Lipinski definition) is 3. The summed E-state index contributed by atoms with van der Waals surface area (Å²) in [6.45, 7) is 3.58. The fourth-order valence-corrected chi connectivity index (χ4v) is 1.05. The number of ether oxygens (including phenoxy) is 1. The van der Waals surface area contributed by atoms with Crippen LogP contribution in [0.15, 0.2) is 5.16 Å². The lowest BCUT2D eigenvalue weighted by Gasteiger charge is -2.18. The number of methoxy groups -OCH3 is 1. The number of carbonyl (C=O) groups excluding carboxylic acids is 1. The molecule has 2 unspecified atom stereocenters. The molecule has 0 rings (SSSR count). The van der Waals surface area contributed by atoms with Crippen molar-refractivity contribution in [2.75, 3.05) is 7.11 Å². The second-order valence-electron chi connectivity index (χ2n) is 3.25. The Labute approximate surface area is 89.5 Å². The summed E-state index contributed by atoms with van der Waals surface area (Å²) in [4.78, 5) is 11.5. The molecule has 2 atom stereocenters. The number of oxime groups is 1. The summed E-state index contributed by atoms with van der Waals surface area (Å²) in [5, 5.41) is 14.0. The highest BCUT2D eigenvalue weighted by atomic mass is 16.5. The lowest BCUT2D eigenvalue weighted by Crippen LogP contribution is -2.47. The van der Waals surface area contributed by atoms with E-state index in [9.17, 15) is 4.79 Å². The minimum Gasteiger partial charge on any atom is -0.409 e. The van der Waals surface area contributed by atoms with Crippen molar-refractivity contribution in [2.24, 2.45) is 10.9 Å². The molecule has 0 aliphatic rings. The van der Waals surface area contributed by atoms with Crippen molar-refractivity contribution in [1.82, 2.24) is 5.32 Å². The topological polar surface area (TPSA) is 96.9 Å². The molecule has 0 aliphatic heterocycles. The molecule has 0 aromatic heterocycles. The number of nitrogens with one attached hydrogen (secondary N) is 1. The van der Waals surface area contributed by atoms with Crippen LogP contribution in [0.5, 0.6) is 0 Å². The molecule has 0 saturated heterocycles. The van der Waals surface area contributed by atoms with Crippen LogP contribution >= 0.6 is 0 Å². The van der Waals surface area contributed by atoms with Gasteiger partial charge in [0.15, 0.2) is 5.84 Å². The lowest BCUT2D eigenvalue weighted by atomic mass is 10.1. The molecular weight excluding hydrogens is 198 g/mol. The van der Waals surface area contributed by atoms with Gasteiger partial charge in [0.2, 0.25) is 5.91 Å². The van der Waals surface area contributed by atoms with E-state index in [0.29, 0.717) is 6.42 Å². The molecule has 0 fully saturated rings. The van der Waals surface area contributed by atoms with E-state index < -0.39 is 12.1 Å². The maximum atomic E-state index is 11.5. The first-order valence-electron chi connectivity index (χ1n) is 4.87. The Morgan fingerprint density at radius 2 is 2.27 bits per heavy atom. The van der Waals surface area contributed by atoms with Gasteiger partial charge < -0.3 is 21.0 Å². The van der Waals surface area contributed by atoms with Gasteiger partial charge in [-0.25, -0.2) is 0 Å². The third-order valence-corrected chi connectivity index (χ3v) is 2.09. The monoisotopic (exact) mass is 217 g/mol. The highest BCUT2D eigenvalue weighted by Crippen LogP contribution is 1.98. The quantitative estimate of drug-likeness (QED) is 0.253. The Bertz CT molecular complexity index is 231. The molecular formula is C9H19N3O3. The molecule has 0 spiro atoms. The van der Waals surface area contributed by atoms with E-state index in [4.69, 9.17) is 15.7 Å². The second kappa shape index (κ2) is 7.05. The fraction of sp³-hybridized carbons (Fsp3) is 0.778. The van der Waals surface area contributed by atoms with Gasteiger partial charge in [0.25, 0.3) is 0 Å². The van der Waals surface area contributed by atoms with Crippen molar-refractivity contribution < 1.29 is 14.7 Å². The predicted octanol–water partition coefficient (Wildman–Crippen LogP) is 0.0526. The van der Waals surface area contributed by atoms with Crippen LogP contribution in [0.1, 0.15) is 26.7 Å². The lowest BCUT2D eigenvalue weighted by molar-refractivity contribution is -0.130. The zero-order chi connectivity index (χ0) is 11.8. The molecule has 15 heavy (non-hydrogen) atoms. The first kappa shape index (κ1) is 13.7. The summed E-state index contributed by atoms with van der Waals surface area (Å²) >= 11 is 0. The summed E-state index contributed by atoms with van der Waals surface area (Å²) < 4.78 is 4.85. The minimum atomic E-state index is -0.546. The molecule has 0 aromatic rings. The standard InChI is InChI=1S/C9H19N3O3/c1-4-5-7(8(10)12-14)11-9(13)6(2)15-3/h6-7,14H,4-5H2,1-3H3,(H2,10,12)(H,11,13). The van der Waals surface area contributed by atoms with E-state index in [1.54, 1.807) is 6.92 Å². The first-order chi connectivity index (χ1) is 7.06. The molecule has 4 N–H and O–H groups in total. The van der Waals surface area contributed by atoms with Crippen molar-refractivity contribution >= 4 is 11.7 Å². The van der Waals surface area contributed by atoms with Crippen LogP contribution in [-0.4, -0.2) is 36.2 Å². The largest absolute Gasteiger partial charge is 0.409 e. The molecule has 6 heteroatoms. The number of rotatable bonds is 6. The molecule has 6 nitrogen and oxygen atoms in total. The Morgan fingerprint density at radius 1 is 1.67 bits per heavy atom. The van der Waals surface area contributed by atoms with Crippen LogP contribution in [0.4, 0.5) is 0 Å². The van der Waals surface area contributed by atoms with E-state index in [1.165, 1.54) is 7.11 Å². The molecule has 0 heterocycles. The molecule has 0 bridgehead atoms. The first-order valence-corrected chi connectivity index (χ1v) is 4.87. The van der Waals surface area contributed by atoms with E-state index in [-0.39, 0.29) is 11.7 Å². The SMILES string of the molecule is CCCC(NC(=O)C(C)OC)C(N)=NO. The Kier molecular flexibility index (Phi) is 6.44. The fourth-order valence-electron chi connectivity index (χ4n) is 1.05. The zero-order valence-corrected chi connectivity index (χ0v) is 9.36. The van der Waals surface area contributed by atoms with E-state index >= 15 is 0 Å². The van der Waals surface area contributed by atoms with E-state index in [2.05, 4.69) is 10.5 Å². The summed E-state index contributed by atoms with van der Waals surface area (Å²) in [5.74, 6) is -0.268. The minimum absolute atomic E-state index is 0.00787. The normalized spacial score (nSPS) is 15.8. The van der Waals surface area contributed by atoms with Crippen molar-refractivity contribution in [3.63, 3.8) is 0 Å². The van der Waals surface area contributed by atoms with Crippen molar-refractivity contribution in [3.8, 4) is 0 Å². The maximum Gasteiger partial charge on any atom is 0.249 e. The van der Waals surface area contributed by atoms with Crippen LogP contribution in [0.3, 0.4) is 0 Å². The van der Waals surface area contributed by atoms with Crippen LogP contribution < -0.4 is 11.1 Å². The molecule has 0 aromatic carbocycles.